The first kappa shape index (κ1) is 19.8. The van der Waals surface area contributed by atoms with Gasteiger partial charge in [0.15, 0.2) is 0 Å². The van der Waals surface area contributed by atoms with Crippen LogP contribution in [0.4, 0.5) is 5.69 Å². The number of aliphatic hydroxyl groups is 1. The standard InChI is InChI=1S/C23H29NO2S/c1-2-3-4-10-22(25)18-11-13-20(14-12-18)24-19(15-16-23(24)26)7-5-8-21-9-6-17-27-21/h5-7,9,11-14,17,19,22,25H,2-4,8,10,15-16H2,1H3/t19-,22?/m0/s1. The monoisotopic (exact) mass is 383 g/mol. The molecule has 1 fully saturated rings. The minimum atomic E-state index is -0.415. The number of anilines is 1. The highest BCUT2D eigenvalue weighted by atomic mass is 32.1. The van der Waals surface area contributed by atoms with Crippen LogP contribution in [-0.2, 0) is 11.2 Å². The van der Waals surface area contributed by atoms with Gasteiger partial charge in [0, 0.05) is 17.0 Å². The van der Waals surface area contributed by atoms with Gasteiger partial charge in [-0.15, -0.1) is 11.3 Å². The number of benzene rings is 1. The molecule has 1 aromatic carbocycles. The Morgan fingerprint density at radius 3 is 2.78 bits per heavy atom. The Kier molecular flexibility index (Phi) is 7.25. The predicted octanol–water partition coefficient (Wildman–Crippen LogP) is 5.66. The van der Waals surface area contributed by atoms with Crippen molar-refractivity contribution in [3.8, 4) is 0 Å². The number of thiophene rings is 1. The van der Waals surface area contributed by atoms with Gasteiger partial charge in [0.25, 0.3) is 0 Å². The van der Waals surface area contributed by atoms with Gasteiger partial charge in [-0.1, -0.05) is 56.5 Å². The summed E-state index contributed by atoms with van der Waals surface area (Å²) >= 11 is 1.76. The lowest BCUT2D eigenvalue weighted by Gasteiger charge is -2.23. The first-order valence-electron chi connectivity index (χ1n) is 9.98. The molecule has 1 aliphatic heterocycles. The highest BCUT2D eigenvalue weighted by Crippen LogP contribution is 2.29. The molecule has 2 aromatic rings. The topological polar surface area (TPSA) is 40.5 Å². The van der Waals surface area contributed by atoms with Gasteiger partial charge in [-0.25, -0.2) is 0 Å². The number of rotatable bonds is 9. The Labute approximate surface area is 166 Å². The average Bonchev–Trinajstić information content (AvgIpc) is 3.32. The Hall–Kier alpha value is -1.91. The zero-order valence-corrected chi connectivity index (χ0v) is 16.8. The Morgan fingerprint density at radius 2 is 2.07 bits per heavy atom. The molecule has 2 atom stereocenters. The molecule has 1 N–H and O–H groups in total. The fourth-order valence-corrected chi connectivity index (χ4v) is 4.29. The van der Waals surface area contributed by atoms with E-state index in [0.29, 0.717) is 6.42 Å². The normalized spacial score (nSPS) is 18.5. The van der Waals surface area contributed by atoms with Gasteiger partial charge in [-0.05, 0) is 48.4 Å². The van der Waals surface area contributed by atoms with E-state index in [0.717, 1.165) is 49.8 Å². The molecule has 0 radical (unpaired) electrons. The Balaban J connectivity index is 1.63. The molecule has 27 heavy (non-hydrogen) atoms. The molecule has 1 aromatic heterocycles. The molecule has 1 amide bonds. The van der Waals surface area contributed by atoms with Gasteiger partial charge in [0.2, 0.25) is 5.91 Å². The lowest BCUT2D eigenvalue weighted by Crippen LogP contribution is -2.31. The molecule has 0 spiro atoms. The molecule has 0 bridgehead atoms. The largest absolute Gasteiger partial charge is 0.388 e. The van der Waals surface area contributed by atoms with Crippen molar-refractivity contribution in [1.82, 2.24) is 0 Å². The fourth-order valence-electron chi connectivity index (χ4n) is 3.61. The predicted molar refractivity (Wildman–Crippen MR) is 113 cm³/mol. The number of hydrogen-bond acceptors (Lipinski definition) is 3. The van der Waals surface area contributed by atoms with E-state index in [1.165, 1.54) is 4.88 Å². The van der Waals surface area contributed by atoms with E-state index in [1.54, 1.807) is 11.3 Å². The molecule has 2 heterocycles. The maximum absolute atomic E-state index is 12.4. The van der Waals surface area contributed by atoms with Crippen LogP contribution in [0, 0.1) is 0 Å². The van der Waals surface area contributed by atoms with Crippen molar-refractivity contribution in [1.29, 1.82) is 0 Å². The maximum atomic E-state index is 12.4. The summed E-state index contributed by atoms with van der Waals surface area (Å²) in [4.78, 5) is 15.7. The van der Waals surface area contributed by atoms with E-state index in [1.807, 2.05) is 29.2 Å². The Bertz CT molecular complexity index is 736. The lowest BCUT2D eigenvalue weighted by molar-refractivity contribution is -0.117. The number of unbranched alkanes of at least 4 members (excludes halogenated alkanes) is 2. The van der Waals surface area contributed by atoms with Crippen LogP contribution in [0.25, 0.3) is 0 Å². The summed E-state index contributed by atoms with van der Waals surface area (Å²) in [5, 5.41) is 12.4. The van der Waals surface area contributed by atoms with Crippen molar-refractivity contribution in [2.45, 2.75) is 64.0 Å². The van der Waals surface area contributed by atoms with E-state index in [4.69, 9.17) is 0 Å². The van der Waals surface area contributed by atoms with Gasteiger partial charge in [0.1, 0.15) is 0 Å². The zero-order valence-electron chi connectivity index (χ0n) is 16.0. The smallest absolute Gasteiger partial charge is 0.227 e. The number of carbonyl (C=O) groups is 1. The SMILES string of the molecule is CCCCCC(O)c1ccc(N2C(=O)CC[C@@H]2C=CCc2cccs2)cc1. The van der Waals surface area contributed by atoms with Crippen LogP contribution in [0.5, 0.6) is 0 Å². The van der Waals surface area contributed by atoms with Crippen LogP contribution < -0.4 is 4.90 Å². The van der Waals surface area contributed by atoms with E-state index in [2.05, 4.69) is 36.6 Å². The van der Waals surface area contributed by atoms with E-state index >= 15 is 0 Å². The summed E-state index contributed by atoms with van der Waals surface area (Å²) in [6, 6.07) is 12.2. The van der Waals surface area contributed by atoms with Crippen molar-refractivity contribution in [3.05, 3.63) is 64.4 Å². The van der Waals surface area contributed by atoms with Crippen LogP contribution in [0.2, 0.25) is 0 Å². The average molecular weight is 384 g/mol. The summed E-state index contributed by atoms with van der Waals surface area (Å²) in [6.45, 7) is 2.17. The van der Waals surface area contributed by atoms with Crippen LogP contribution >= 0.6 is 11.3 Å². The minimum absolute atomic E-state index is 0.123. The molecule has 3 rings (SSSR count). The maximum Gasteiger partial charge on any atom is 0.227 e. The molecule has 0 saturated carbocycles. The second kappa shape index (κ2) is 9.86. The molecular weight excluding hydrogens is 354 g/mol. The molecule has 1 unspecified atom stereocenters. The van der Waals surface area contributed by atoms with Gasteiger partial charge in [-0.3, -0.25) is 4.79 Å². The highest BCUT2D eigenvalue weighted by Gasteiger charge is 2.30. The number of amides is 1. The van der Waals surface area contributed by atoms with Gasteiger partial charge >= 0.3 is 0 Å². The van der Waals surface area contributed by atoms with Gasteiger partial charge in [-0.2, -0.15) is 0 Å². The molecule has 4 heteroatoms. The first-order chi connectivity index (χ1) is 13.2. The quantitative estimate of drug-likeness (QED) is 0.448. The molecular formula is C23H29NO2S. The molecule has 1 saturated heterocycles. The molecule has 144 valence electrons. The van der Waals surface area contributed by atoms with Crippen molar-refractivity contribution < 1.29 is 9.90 Å². The summed E-state index contributed by atoms with van der Waals surface area (Å²) in [5.74, 6) is 0.178. The summed E-state index contributed by atoms with van der Waals surface area (Å²) in [5.41, 5.74) is 1.86. The van der Waals surface area contributed by atoms with Crippen molar-refractivity contribution in [3.63, 3.8) is 0 Å². The highest BCUT2D eigenvalue weighted by molar-refractivity contribution is 7.09. The van der Waals surface area contributed by atoms with Gasteiger partial charge < -0.3 is 10.0 Å². The second-order valence-electron chi connectivity index (χ2n) is 7.18. The lowest BCUT2D eigenvalue weighted by atomic mass is 10.0. The van der Waals surface area contributed by atoms with E-state index in [-0.39, 0.29) is 11.9 Å². The molecule has 3 nitrogen and oxygen atoms in total. The van der Waals surface area contributed by atoms with Crippen molar-refractivity contribution in [2.24, 2.45) is 0 Å². The van der Waals surface area contributed by atoms with E-state index < -0.39 is 6.10 Å². The van der Waals surface area contributed by atoms with Crippen LogP contribution in [0.1, 0.15) is 62.0 Å². The second-order valence-corrected chi connectivity index (χ2v) is 8.22. The first-order valence-corrected chi connectivity index (χ1v) is 10.9. The number of hydrogen-bond donors (Lipinski definition) is 1. The third-order valence-electron chi connectivity index (χ3n) is 5.15. The third-order valence-corrected chi connectivity index (χ3v) is 6.05. The van der Waals surface area contributed by atoms with Crippen molar-refractivity contribution >= 4 is 22.9 Å². The summed E-state index contributed by atoms with van der Waals surface area (Å²) in [7, 11) is 0. The summed E-state index contributed by atoms with van der Waals surface area (Å²) in [6.07, 6.45) is 10.4. The van der Waals surface area contributed by atoms with Crippen LogP contribution in [0.3, 0.4) is 0 Å². The number of carbonyl (C=O) groups excluding carboxylic acids is 1. The van der Waals surface area contributed by atoms with Crippen LogP contribution in [-0.4, -0.2) is 17.1 Å². The third kappa shape index (κ3) is 5.30. The zero-order chi connectivity index (χ0) is 19.1. The van der Waals surface area contributed by atoms with Gasteiger partial charge in [0.05, 0.1) is 12.1 Å². The number of nitrogens with zero attached hydrogens (tertiary/aromatic N) is 1. The number of allylic oxidation sites excluding steroid dienone is 1. The Morgan fingerprint density at radius 1 is 1.26 bits per heavy atom. The molecule has 1 aliphatic rings. The molecule has 0 aliphatic carbocycles. The number of aliphatic hydroxyl groups excluding tert-OH is 1. The van der Waals surface area contributed by atoms with E-state index in [9.17, 15) is 9.90 Å². The van der Waals surface area contributed by atoms with Crippen molar-refractivity contribution in [2.75, 3.05) is 4.90 Å². The summed E-state index contributed by atoms with van der Waals surface area (Å²) < 4.78 is 0. The minimum Gasteiger partial charge on any atom is -0.388 e. The fraction of sp³-hybridized carbons (Fsp3) is 0.435. The van der Waals surface area contributed by atoms with Crippen LogP contribution in [0.15, 0.2) is 53.9 Å².